The molecule has 1 aliphatic rings. The molecular formula is C14H28N2O5S2. The molecule has 1 fully saturated rings. The molecule has 23 heavy (non-hydrogen) atoms. The van der Waals surface area contributed by atoms with Crippen LogP contribution in [0, 0.1) is 0 Å². The number of carbonyl (C=O) groups is 1. The highest BCUT2D eigenvalue weighted by molar-refractivity contribution is 7.92. The molecular weight excluding hydrogens is 340 g/mol. The molecule has 0 spiro atoms. The van der Waals surface area contributed by atoms with Gasteiger partial charge in [-0.15, -0.1) is 0 Å². The molecule has 9 heteroatoms. The molecule has 136 valence electrons. The van der Waals surface area contributed by atoms with Crippen LogP contribution in [-0.2, 0) is 24.7 Å². The van der Waals surface area contributed by atoms with E-state index in [9.17, 15) is 21.6 Å². The monoisotopic (exact) mass is 368 g/mol. The average Bonchev–Trinajstić information content (AvgIpc) is 2.77. The van der Waals surface area contributed by atoms with Crippen molar-refractivity contribution < 1.29 is 21.6 Å². The van der Waals surface area contributed by atoms with E-state index in [0.717, 1.165) is 19.1 Å². The van der Waals surface area contributed by atoms with Crippen molar-refractivity contribution in [2.75, 3.05) is 37.4 Å². The Morgan fingerprint density at radius 3 is 2.09 bits per heavy atom. The largest absolute Gasteiger partial charge is 0.343 e. The second-order valence-electron chi connectivity index (χ2n) is 6.06. The first-order valence-electron chi connectivity index (χ1n) is 8.05. The lowest BCUT2D eigenvalue weighted by Crippen LogP contribution is -2.43. The van der Waals surface area contributed by atoms with Gasteiger partial charge in [0, 0.05) is 32.1 Å². The second-order valence-corrected chi connectivity index (χ2v) is 10.2. The van der Waals surface area contributed by atoms with Crippen molar-refractivity contribution >= 4 is 25.8 Å². The highest BCUT2D eigenvalue weighted by atomic mass is 32.2. The third kappa shape index (κ3) is 6.39. The molecule has 0 aliphatic carbocycles. The summed E-state index contributed by atoms with van der Waals surface area (Å²) in [6.07, 6.45) is 3.16. The van der Waals surface area contributed by atoms with Gasteiger partial charge in [-0.2, -0.15) is 4.31 Å². The molecule has 7 nitrogen and oxygen atoms in total. The van der Waals surface area contributed by atoms with Crippen LogP contribution in [0.3, 0.4) is 0 Å². The molecule has 1 heterocycles. The van der Waals surface area contributed by atoms with Crippen LogP contribution in [-0.4, -0.2) is 75.4 Å². The topological polar surface area (TPSA) is 91.8 Å². The summed E-state index contributed by atoms with van der Waals surface area (Å²) in [4.78, 5) is 14.0. The Labute approximate surface area is 140 Å². The molecule has 0 saturated carbocycles. The first kappa shape index (κ1) is 20.4. The van der Waals surface area contributed by atoms with E-state index in [1.54, 1.807) is 4.90 Å². The van der Waals surface area contributed by atoms with E-state index >= 15 is 0 Å². The summed E-state index contributed by atoms with van der Waals surface area (Å²) in [6, 6.07) is -0.548. The summed E-state index contributed by atoms with van der Waals surface area (Å²) < 4.78 is 48.3. The normalized spacial score (nSPS) is 20.8. The first-order chi connectivity index (χ1) is 10.6. The molecule has 1 amide bonds. The summed E-state index contributed by atoms with van der Waals surface area (Å²) in [5.41, 5.74) is 0. The fourth-order valence-electron chi connectivity index (χ4n) is 2.89. The lowest BCUT2D eigenvalue weighted by molar-refractivity contribution is -0.131. The summed E-state index contributed by atoms with van der Waals surface area (Å²) in [6.45, 7) is 5.33. The second kappa shape index (κ2) is 8.43. The number of sulfone groups is 1. The standard InChI is InChI=1S/C14H28N2O5S2/c1-4-8-15(9-5-2)14(17)6-10-16(22(3,18)19)13-7-11-23(20,21)12-13/h13H,4-12H2,1-3H3. The van der Waals surface area contributed by atoms with Gasteiger partial charge in [0.15, 0.2) is 9.84 Å². The Bertz CT molecular complexity index is 595. The number of amides is 1. The average molecular weight is 369 g/mol. The first-order valence-corrected chi connectivity index (χ1v) is 11.7. The zero-order valence-electron chi connectivity index (χ0n) is 14.2. The molecule has 1 atom stereocenters. The SMILES string of the molecule is CCCN(CCC)C(=O)CCN(C1CCS(=O)(=O)C1)S(C)(=O)=O. The van der Waals surface area contributed by atoms with Gasteiger partial charge >= 0.3 is 0 Å². The van der Waals surface area contributed by atoms with E-state index in [0.29, 0.717) is 19.5 Å². The number of hydrogen-bond acceptors (Lipinski definition) is 5. The molecule has 1 unspecified atom stereocenters. The van der Waals surface area contributed by atoms with Crippen molar-refractivity contribution in [1.29, 1.82) is 0 Å². The summed E-state index contributed by atoms with van der Waals surface area (Å²) in [5.74, 6) is -0.222. The molecule has 0 radical (unpaired) electrons. The van der Waals surface area contributed by atoms with Crippen molar-refractivity contribution in [3.8, 4) is 0 Å². The van der Waals surface area contributed by atoms with Gasteiger partial charge in [-0.05, 0) is 19.3 Å². The molecule has 1 rings (SSSR count). The van der Waals surface area contributed by atoms with Gasteiger partial charge in [-0.25, -0.2) is 16.8 Å². The Morgan fingerprint density at radius 2 is 1.70 bits per heavy atom. The van der Waals surface area contributed by atoms with Gasteiger partial charge in [0.1, 0.15) is 0 Å². The van der Waals surface area contributed by atoms with Crippen LogP contribution in [0.1, 0.15) is 39.5 Å². The van der Waals surface area contributed by atoms with Crippen LogP contribution < -0.4 is 0 Å². The molecule has 1 saturated heterocycles. The number of sulfonamides is 1. The molecule has 0 N–H and O–H groups in total. The zero-order valence-corrected chi connectivity index (χ0v) is 15.8. The van der Waals surface area contributed by atoms with Gasteiger partial charge in [0.25, 0.3) is 0 Å². The van der Waals surface area contributed by atoms with Crippen LogP contribution >= 0.6 is 0 Å². The van der Waals surface area contributed by atoms with E-state index in [-0.39, 0.29) is 30.4 Å². The molecule has 0 aromatic carbocycles. The molecule has 0 aromatic rings. The van der Waals surface area contributed by atoms with Crippen LogP contribution in [0.25, 0.3) is 0 Å². The summed E-state index contributed by atoms with van der Waals surface area (Å²) in [5, 5.41) is 0. The minimum Gasteiger partial charge on any atom is -0.343 e. The lowest BCUT2D eigenvalue weighted by Gasteiger charge is -2.27. The van der Waals surface area contributed by atoms with Gasteiger partial charge in [0.2, 0.25) is 15.9 Å². The summed E-state index contributed by atoms with van der Waals surface area (Å²) in [7, 11) is -6.72. The van der Waals surface area contributed by atoms with Crippen molar-refractivity contribution in [2.24, 2.45) is 0 Å². The fourth-order valence-corrected chi connectivity index (χ4v) is 5.86. The Kier molecular flexibility index (Phi) is 7.47. The minimum atomic E-state index is -3.55. The van der Waals surface area contributed by atoms with Gasteiger partial charge in [0.05, 0.1) is 17.8 Å². The van der Waals surface area contributed by atoms with Crippen molar-refractivity contribution in [3.63, 3.8) is 0 Å². The van der Waals surface area contributed by atoms with Crippen LogP contribution in [0.4, 0.5) is 0 Å². The zero-order chi connectivity index (χ0) is 17.7. The van der Waals surface area contributed by atoms with E-state index in [1.165, 1.54) is 4.31 Å². The Hall–Kier alpha value is -0.670. The van der Waals surface area contributed by atoms with Crippen LogP contribution in [0.2, 0.25) is 0 Å². The van der Waals surface area contributed by atoms with E-state index in [2.05, 4.69) is 0 Å². The highest BCUT2D eigenvalue weighted by Crippen LogP contribution is 2.20. The van der Waals surface area contributed by atoms with E-state index < -0.39 is 25.9 Å². The molecule has 0 aromatic heterocycles. The minimum absolute atomic E-state index is 0.00935. The third-order valence-corrected chi connectivity index (χ3v) is 7.01. The van der Waals surface area contributed by atoms with Gasteiger partial charge in [-0.3, -0.25) is 4.79 Å². The summed E-state index contributed by atoms with van der Waals surface area (Å²) >= 11 is 0. The van der Waals surface area contributed by atoms with Crippen LogP contribution in [0.5, 0.6) is 0 Å². The van der Waals surface area contributed by atoms with Gasteiger partial charge < -0.3 is 4.90 Å². The quantitative estimate of drug-likeness (QED) is 0.590. The fraction of sp³-hybridized carbons (Fsp3) is 0.929. The maximum atomic E-state index is 12.3. The predicted molar refractivity (Wildman–Crippen MR) is 90.4 cm³/mol. The highest BCUT2D eigenvalue weighted by Gasteiger charge is 2.36. The maximum absolute atomic E-state index is 12.3. The molecule has 1 aliphatic heterocycles. The number of nitrogens with zero attached hydrogens (tertiary/aromatic N) is 2. The smallest absolute Gasteiger partial charge is 0.223 e. The Morgan fingerprint density at radius 1 is 1.13 bits per heavy atom. The van der Waals surface area contributed by atoms with Crippen molar-refractivity contribution in [3.05, 3.63) is 0 Å². The van der Waals surface area contributed by atoms with Gasteiger partial charge in [-0.1, -0.05) is 13.8 Å². The number of hydrogen-bond donors (Lipinski definition) is 0. The lowest BCUT2D eigenvalue weighted by atomic mass is 10.2. The number of carbonyl (C=O) groups excluding carboxylic acids is 1. The van der Waals surface area contributed by atoms with E-state index in [1.807, 2.05) is 13.8 Å². The van der Waals surface area contributed by atoms with Crippen molar-refractivity contribution in [2.45, 2.75) is 45.6 Å². The number of rotatable bonds is 9. The van der Waals surface area contributed by atoms with Crippen molar-refractivity contribution in [1.82, 2.24) is 9.21 Å². The van der Waals surface area contributed by atoms with E-state index in [4.69, 9.17) is 0 Å². The predicted octanol–water partition coefficient (Wildman–Crippen LogP) is 0.474. The van der Waals surface area contributed by atoms with Crippen LogP contribution in [0.15, 0.2) is 0 Å². The maximum Gasteiger partial charge on any atom is 0.223 e. The third-order valence-electron chi connectivity index (χ3n) is 3.93. The Balaban J connectivity index is 2.74. The molecule has 0 bridgehead atoms.